The zero-order valence-electron chi connectivity index (χ0n) is 22.6. The van der Waals surface area contributed by atoms with Crippen LogP contribution in [0.15, 0.2) is 36.5 Å². The Morgan fingerprint density at radius 1 is 1.21 bits per heavy atom. The van der Waals surface area contributed by atoms with E-state index in [2.05, 4.69) is 9.71 Å². The van der Waals surface area contributed by atoms with Crippen LogP contribution in [0.1, 0.15) is 41.6 Å². The van der Waals surface area contributed by atoms with Crippen LogP contribution in [0.3, 0.4) is 0 Å². The number of primary amides is 1. The van der Waals surface area contributed by atoms with Gasteiger partial charge in [-0.05, 0) is 68.8 Å². The Labute approximate surface area is 228 Å². The third-order valence-corrected chi connectivity index (χ3v) is 8.18. The lowest BCUT2D eigenvalue weighted by Gasteiger charge is -2.37. The number of ether oxygens (including phenoxy) is 1. The molecular formula is C28H33N5O5S. The maximum atomic E-state index is 13.2. The molecule has 11 heteroatoms. The minimum atomic E-state index is -3.69. The molecule has 0 saturated heterocycles. The number of nitrogens with one attached hydrogen (secondary N) is 1. The minimum absolute atomic E-state index is 0.0744. The molecule has 2 amide bonds. The first-order chi connectivity index (χ1) is 18.4. The average Bonchev–Trinajstić information content (AvgIpc) is 3.08. The number of rotatable bonds is 9. The number of nitrogens with two attached hydrogens (primary N) is 1. The molecule has 1 aliphatic carbocycles. The van der Waals surface area contributed by atoms with Crippen LogP contribution in [0.4, 0.5) is 11.4 Å². The lowest BCUT2D eigenvalue weighted by Crippen LogP contribution is -2.43. The lowest BCUT2D eigenvalue weighted by molar-refractivity contribution is -0.125. The van der Waals surface area contributed by atoms with E-state index in [4.69, 9.17) is 10.5 Å². The molecule has 2 aromatic carbocycles. The highest BCUT2D eigenvalue weighted by Crippen LogP contribution is 2.55. The van der Waals surface area contributed by atoms with Gasteiger partial charge in [-0.2, -0.15) is 0 Å². The highest BCUT2D eigenvalue weighted by Gasteiger charge is 2.54. The van der Waals surface area contributed by atoms with Crippen molar-refractivity contribution in [2.75, 3.05) is 50.2 Å². The number of sulfonamides is 1. The summed E-state index contributed by atoms with van der Waals surface area (Å²) in [6.45, 7) is 1.03. The van der Waals surface area contributed by atoms with Gasteiger partial charge in [-0.15, -0.1) is 0 Å². The number of likely N-dealkylation sites (N-methyl/N-ethyl adjacent to an activating group) is 1. The number of nitrogens with zero attached hydrogens (tertiary/aromatic N) is 3. The van der Waals surface area contributed by atoms with E-state index >= 15 is 0 Å². The summed E-state index contributed by atoms with van der Waals surface area (Å²) in [5.41, 5.74) is 9.29. The van der Waals surface area contributed by atoms with Gasteiger partial charge in [0.15, 0.2) is 5.75 Å². The molecular weight excluding hydrogens is 518 g/mol. The van der Waals surface area contributed by atoms with E-state index in [1.165, 1.54) is 0 Å². The van der Waals surface area contributed by atoms with Gasteiger partial charge in [0.05, 0.1) is 46.9 Å². The van der Waals surface area contributed by atoms with Crippen molar-refractivity contribution in [2.24, 2.45) is 5.73 Å². The molecule has 2 heterocycles. The lowest BCUT2D eigenvalue weighted by atomic mass is 9.64. The molecule has 206 valence electrons. The Bertz CT molecular complexity index is 1600. The minimum Gasteiger partial charge on any atom is -0.490 e. The van der Waals surface area contributed by atoms with Gasteiger partial charge in [0.2, 0.25) is 15.9 Å². The first-order valence-electron chi connectivity index (χ1n) is 12.9. The molecule has 1 fully saturated rings. The van der Waals surface area contributed by atoms with Crippen molar-refractivity contribution >= 4 is 44.1 Å². The first kappa shape index (κ1) is 26.9. The SMILES string of the molecule is CN(C)CCCOc1c(NS(C)(=O)=O)cc(-c2ccc3ncc4c(c3c2)C2(CCC2)C(=O)N4C)cc1C(N)=O. The molecule has 2 aliphatic rings. The normalized spacial score (nSPS) is 16.0. The fourth-order valence-corrected chi connectivity index (χ4v) is 6.17. The van der Waals surface area contributed by atoms with Crippen molar-refractivity contribution < 1.29 is 22.7 Å². The molecule has 0 radical (unpaired) electrons. The predicted molar refractivity (Wildman–Crippen MR) is 152 cm³/mol. The number of benzene rings is 2. The Kier molecular flexibility index (Phi) is 6.76. The molecule has 0 bridgehead atoms. The third-order valence-electron chi connectivity index (χ3n) is 7.59. The number of pyridine rings is 1. The molecule has 1 saturated carbocycles. The number of anilines is 2. The largest absolute Gasteiger partial charge is 0.490 e. The van der Waals surface area contributed by atoms with Gasteiger partial charge >= 0.3 is 0 Å². The number of aromatic nitrogens is 1. The zero-order chi connectivity index (χ0) is 28.1. The van der Waals surface area contributed by atoms with Crippen molar-refractivity contribution in [2.45, 2.75) is 31.1 Å². The fraction of sp³-hybridized carbons (Fsp3) is 0.393. The van der Waals surface area contributed by atoms with Crippen LogP contribution in [-0.4, -0.2) is 70.7 Å². The molecule has 1 aliphatic heterocycles. The second-order valence-corrected chi connectivity index (χ2v) is 12.4. The van der Waals surface area contributed by atoms with Gasteiger partial charge in [0.1, 0.15) is 0 Å². The summed E-state index contributed by atoms with van der Waals surface area (Å²) in [7, 11) is 1.97. The first-order valence-corrected chi connectivity index (χ1v) is 14.8. The third kappa shape index (κ3) is 4.80. The summed E-state index contributed by atoms with van der Waals surface area (Å²) in [6, 6.07) is 8.95. The molecule has 5 rings (SSSR count). The van der Waals surface area contributed by atoms with Gasteiger partial charge < -0.3 is 20.3 Å². The highest BCUT2D eigenvalue weighted by atomic mass is 32.2. The molecule has 10 nitrogen and oxygen atoms in total. The van der Waals surface area contributed by atoms with Crippen molar-refractivity contribution in [1.82, 2.24) is 9.88 Å². The summed E-state index contributed by atoms with van der Waals surface area (Å²) in [5, 5.41) is 0.865. The van der Waals surface area contributed by atoms with Gasteiger partial charge in [0, 0.05) is 24.5 Å². The zero-order valence-corrected chi connectivity index (χ0v) is 23.4. The van der Waals surface area contributed by atoms with Gasteiger partial charge in [-0.1, -0.05) is 12.5 Å². The van der Waals surface area contributed by atoms with E-state index in [1.807, 2.05) is 37.2 Å². The summed E-state index contributed by atoms with van der Waals surface area (Å²) < 4.78 is 32.9. The molecule has 0 atom stereocenters. The maximum Gasteiger partial charge on any atom is 0.252 e. The van der Waals surface area contributed by atoms with E-state index in [9.17, 15) is 18.0 Å². The van der Waals surface area contributed by atoms with E-state index in [1.54, 1.807) is 30.3 Å². The number of carbonyl (C=O) groups excluding carboxylic acids is 2. The Morgan fingerprint density at radius 3 is 2.56 bits per heavy atom. The second kappa shape index (κ2) is 9.80. The second-order valence-electron chi connectivity index (χ2n) is 10.7. The van der Waals surface area contributed by atoms with Crippen molar-refractivity contribution in [3.63, 3.8) is 0 Å². The summed E-state index contributed by atoms with van der Waals surface area (Å²) in [6.07, 6.45) is 6.03. The van der Waals surface area contributed by atoms with Crippen LogP contribution < -0.4 is 20.1 Å². The standard InChI is InChI=1S/C28H33N5O5S/c1-32(2)11-6-12-38-25-20(26(29)34)14-18(15-22(25)31-39(4,36)37)17-7-8-21-19(13-17)24-23(16-30-21)33(3)27(35)28(24)9-5-10-28/h7-8,13-16,31H,5-6,9-12H2,1-4H3,(H2,29,34). The Balaban J connectivity index is 1.64. The van der Waals surface area contributed by atoms with Crippen molar-refractivity contribution in [3.05, 3.63) is 47.7 Å². The molecule has 3 N–H and O–H groups in total. The molecule has 1 spiro atoms. The summed E-state index contributed by atoms with van der Waals surface area (Å²) >= 11 is 0. The van der Waals surface area contributed by atoms with E-state index in [-0.39, 0.29) is 29.5 Å². The average molecular weight is 552 g/mol. The van der Waals surface area contributed by atoms with Crippen molar-refractivity contribution in [1.29, 1.82) is 0 Å². The topological polar surface area (TPSA) is 135 Å². The quantitative estimate of drug-likeness (QED) is 0.390. The van der Waals surface area contributed by atoms with Crippen LogP contribution >= 0.6 is 0 Å². The smallest absolute Gasteiger partial charge is 0.252 e. The fourth-order valence-electron chi connectivity index (χ4n) is 5.62. The van der Waals surface area contributed by atoms with Crippen LogP contribution in [0.5, 0.6) is 5.75 Å². The van der Waals surface area contributed by atoms with Crippen LogP contribution in [0, 0.1) is 0 Å². The monoisotopic (exact) mass is 551 g/mol. The summed E-state index contributed by atoms with van der Waals surface area (Å²) in [5.74, 6) is -0.547. The molecule has 1 aromatic heterocycles. The van der Waals surface area contributed by atoms with Gasteiger partial charge in [-0.3, -0.25) is 19.3 Å². The van der Waals surface area contributed by atoms with E-state index in [0.717, 1.165) is 59.8 Å². The van der Waals surface area contributed by atoms with Crippen molar-refractivity contribution in [3.8, 4) is 16.9 Å². The highest BCUT2D eigenvalue weighted by molar-refractivity contribution is 7.92. The molecule has 3 aromatic rings. The van der Waals surface area contributed by atoms with Crippen LogP contribution in [-0.2, 0) is 20.2 Å². The van der Waals surface area contributed by atoms with Crippen LogP contribution in [0.2, 0.25) is 0 Å². The van der Waals surface area contributed by atoms with E-state index in [0.29, 0.717) is 12.0 Å². The van der Waals surface area contributed by atoms with Crippen LogP contribution in [0.25, 0.3) is 22.0 Å². The summed E-state index contributed by atoms with van der Waals surface area (Å²) in [4.78, 5) is 34.0. The molecule has 39 heavy (non-hydrogen) atoms. The Morgan fingerprint density at radius 2 is 1.95 bits per heavy atom. The number of amides is 2. The predicted octanol–water partition coefficient (Wildman–Crippen LogP) is 3.10. The van der Waals surface area contributed by atoms with E-state index < -0.39 is 21.3 Å². The van der Waals surface area contributed by atoms with Gasteiger partial charge in [0.25, 0.3) is 5.91 Å². The number of fused-ring (bicyclic) bond motifs is 4. The number of hydrogen-bond donors (Lipinski definition) is 2. The number of carbonyl (C=O) groups is 2. The van der Waals surface area contributed by atoms with Gasteiger partial charge in [-0.25, -0.2) is 8.42 Å². The molecule has 0 unspecified atom stereocenters. The number of hydrogen-bond acceptors (Lipinski definition) is 7. The Hall–Kier alpha value is -3.70. The maximum absolute atomic E-state index is 13.2.